The monoisotopic (exact) mass is 381 g/mol. The second-order valence-electron chi connectivity index (χ2n) is 1.95. The fraction of sp³-hybridized carbons (Fsp3) is 0.667. The van der Waals surface area contributed by atoms with Gasteiger partial charge in [0.2, 0.25) is 11.8 Å². The molecule has 0 N–H and O–H groups in total. The highest BCUT2D eigenvalue weighted by molar-refractivity contribution is 14.2. The molecule has 1 rings (SSSR count). The molecule has 0 aliphatic carbocycles. The molecule has 0 aromatic carbocycles. The molecular formula is C6H9I2NO2. The highest BCUT2D eigenvalue weighted by atomic mass is 127. The zero-order valence-electron chi connectivity index (χ0n) is 6.14. The summed E-state index contributed by atoms with van der Waals surface area (Å²) in [5, 5.41) is 0. The minimum Gasteiger partial charge on any atom is -0.286 e. The summed E-state index contributed by atoms with van der Waals surface area (Å²) in [6.45, 7) is 0. The van der Waals surface area contributed by atoms with Crippen LogP contribution in [0.4, 0.5) is 0 Å². The zero-order valence-corrected chi connectivity index (χ0v) is 10.5. The fourth-order valence-electron chi connectivity index (χ4n) is 0.688. The number of halogens is 2. The lowest BCUT2D eigenvalue weighted by Crippen LogP contribution is -2.23. The van der Waals surface area contributed by atoms with Gasteiger partial charge in [-0.25, -0.2) is 0 Å². The van der Waals surface area contributed by atoms with Crippen molar-refractivity contribution in [1.82, 2.24) is 4.90 Å². The number of nitrogens with zero attached hydrogens (tertiary/aromatic N) is 1. The third-order valence-corrected chi connectivity index (χ3v) is 1.30. The second kappa shape index (κ2) is 6.15. The Kier molecular flexibility index (Phi) is 6.49. The summed E-state index contributed by atoms with van der Waals surface area (Å²) in [5.74, 6) is -0.120. The molecular weight excluding hydrogens is 372 g/mol. The number of hydrogen-bond acceptors (Lipinski definition) is 2. The number of imide groups is 1. The number of amides is 2. The quantitative estimate of drug-likeness (QED) is 0.363. The molecule has 1 saturated heterocycles. The van der Waals surface area contributed by atoms with Crippen LogP contribution in [0.1, 0.15) is 12.8 Å². The Morgan fingerprint density at radius 3 is 1.64 bits per heavy atom. The molecule has 64 valence electrons. The molecule has 3 nitrogen and oxygen atoms in total. The molecule has 1 fully saturated rings. The summed E-state index contributed by atoms with van der Waals surface area (Å²) in [6, 6.07) is 0. The van der Waals surface area contributed by atoms with E-state index in [-0.39, 0.29) is 11.8 Å². The number of carbonyl (C=O) groups is 2. The maximum absolute atomic E-state index is 10.5. The predicted octanol–water partition coefficient (Wildman–Crippen LogP) is 1.58. The van der Waals surface area contributed by atoms with Gasteiger partial charge in [-0.05, 0) is 0 Å². The van der Waals surface area contributed by atoms with Gasteiger partial charge in [-0.15, -0.1) is 0 Å². The standard InChI is InChI=1S/C5H7NO2.CH2I2/c1-6-4(7)2-3-5(6)8;2-1-3/h2-3H2,1H3;1H2. The first-order valence-electron chi connectivity index (χ1n) is 3.04. The molecule has 1 heterocycles. The Morgan fingerprint density at radius 2 is 1.55 bits per heavy atom. The van der Waals surface area contributed by atoms with E-state index in [1.807, 2.05) is 0 Å². The highest BCUT2D eigenvalue weighted by Gasteiger charge is 2.24. The molecule has 0 atom stereocenters. The molecule has 0 bridgehead atoms. The van der Waals surface area contributed by atoms with Crippen LogP contribution in [-0.2, 0) is 9.59 Å². The number of hydrogen-bond donors (Lipinski definition) is 0. The first-order chi connectivity index (χ1) is 5.13. The largest absolute Gasteiger partial charge is 0.286 e. The van der Waals surface area contributed by atoms with Crippen molar-refractivity contribution in [1.29, 1.82) is 0 Å². The van der Waals surface area contributed by atoms with Crippen LogP contribution < -0.4 is 0 Å². The number of carbonyl (C=O) groups excluding carboxylic acids is 2. The van der Waals surface area contributed by atoms with Crippen LogP contribution >= 0.6 is 45.2 Å². The maximum atomic E-state index is 10.5. The highest BCUT2D eigenvalue weighted by Crippen LogP contribution is 2.07. The Bertz CT molecular complexity index is 145. The van der Waals surface area contributed by atoms with E-state index in [0.29, 0.717) is 12.8 Å². The van der Waals surface area contributed by atoms with Crippen molar-refractivity contribution in [2.75, 3.05) is 9.48 Å². The predicted molar refractivity (Wildman–Crippen MR) is 59.9 cm³/mol. The van der Waals surface area contributed by atoms with Crippen molar-refractivity contribution < 1.29 is 9.59 Å². The lowest BCUT2D eigenvalue weighted by atomic mass is 10.4. The third-order valence-electron chi connectivity index (χ3n) is 1.30. The van der Waals surface area contributed by atoms with E-state index in [4.69, 9.17) is 0 Å². The number of likely N-dealkylation sites (tertiary alicyclic amines) is 1. The smallest absolute Gasteiger partial charge is 0.229 e. The van der Waals surface area contributed by atoms with E-state index < -0.39 is 0 Å². The summed E-state index contributed by atoms with van der Waals surface area (Å²) in [4.78, 5) is 22.1. The molecule has 0 spiro atoms. The zero-order chi connectivity index (χ0) is 8.85. The minimum absolute atomic E-state index is 0.0602. The fourth-order valence-corrected chi connectivity index (χ4v) is 0.688. The average molecular weight is 381 g/mol. The van der Waals surface area contributed by atoms with Crippen LogP contribution in [0.15, 0.2) is 0 Å². The average Bonchev–Trinajstić information content (AvgIpc) is 2.22. The summed E-state index contributed by atoms with van der Waals surface area (Å²) >= 11 is 4.55. The van der Waals surface area contributed by atoms with Crippen molar-refractivity contribution >= 4 is 57.0 Å². The van der Waals surface area contributed by atoms with E-state index >= 15 is 0 Å². The van der Waals surface area contributed by atoms with Crippen LogP contribution in [0.3, 0.4) is 0 Å². The van der Waals surface area contributed by atoms with Crippen molar-refractivity contribution in [2.24, 2.45) is 0 Å². The van der Waals surface area contributed by atoms with Crippen molar-refractivity contribution in [2.45, 2.75) is 12.8 Å². The van der Waals surface area contributed by atoms with Gasteiger partial charge < -0.3 is 0 Å². The summed E-state index contributed by atoms with van der Waals surface area (Å²) < 4.78 is 1.19. The maximum Gasteiger partial charge on any atom is 0.229 e. The van der Waals surface area contributed by atoms with Crippen molar-refractivity contribution in [3.05, 3.63) is 0 Å². The van der Waals surface area contributed by atoms with Gasteiger partial charge in [-0.3, -0.25) is 14.5 Å². The first-order valence-corrected chi connectivity index (χ1v) is 6.10. The van der Waals surface area contributed by atoms with Gasteiger partial charge in [0, 0.05) is 19.9 Å². The van der Waals surface area contributed by atoms with E-state index in [2.05, 4.69) is 45.2 Å². The lowest BCUT2D eigenvalue weighted by Gasteiger charge is -2.01. The molecule has 1 aliphatic rings. The van der Waals surface area contributed by atoms with Crippen molar-refractivity contribution in [3.63, 3.8) is 0 Å². The SMILES string of the molecule is CN1C(=O)CCC1=O.ICI. The Balaban J connectivity index is 0.000000292. The molecule has 1 aliphatic heterocycles. The molecule has 11 heavy (non-hydrogen) atoms. The lowest BCUT2D eigenvalue weighted by molar-refractivity contribution is -0.136. The molecule has 5 heteroatoms. The topological polar surface area (TPSA) is 37.4 Å². The molecule has 2 amide bonds. The molecule has 0 saturated carbocycles. The Hall–Kier alpha value is 0.600. The van der Waals surface area contributed by atoms with E-state index in [0.717, 1.165) is 0 Å². The summed E-state index contributed by atoms with van der Waals surface area (Å²) in [5.41, 5.74) is 0. The molecule has 0 radical (unpaired) electrons. The molecule has 0 aromatic rings. The van der Waals surface area contributed by atoms with E-state index in [1.54, 1.807) is 0 Å². The Morgan fingerprint density at radius 1 is 1.27 bits per heavy atom. The van der Waals surface area contributed by atoms with Gasteiger partial charge in [0.1, 0.15) is 0 Å². The molecule has 0 unspecified atom stereocenters. The van der Waals surface area contributed by atoms with Crippen LogP contribution in [0.25, 0.3) is 0 Å². The normalized spacial score (nSPS) is 16.5. The van der Waals surface area contributed by atoms with Gasteiger partial charge in [-0.2, -0.15) is 0 Å². The van der Waals surface area contributed by atoms with Crippen LogP contribution in [-0.4, -0.2) is 26.2 Å². The van der Waals surface area contributed by atoms with Crippen LogP contribution in [0, 0.1) is 0 Å². The van der Waals surface area contributed by atoms with Crippen LogP contribution in [0.5, 0.6) is 0 Å². The van der Waals surface area contributed by atoms with Crippen LogP contribution in [0.2, 0.25) is 0 Å². The van der Waals surface area contributed by atoms with Gasteiger partial charge in [0.25, 0.3) is 0 Å². The second-order valence-corrected chi connectivity index (χ2v) is 6.39. The van der Waals surface area contributed by atoms with Crippen molar-refractivity contribution in [3.8, 4) is 0 Å². The van der Waals surface area contributed by atoms with Gasteiger partial charge >= 0.3 is 0 Å². The van der Waals surface area contributed by atoms with E-state index in [9.17, 15) is 9.59 Å². The number of rotatable bonds is 0. The van der Waals surface area contributed by atoms with Gasteiger partial charge in [0.15, 0.2) is 0 Å². The summed E-state index contributed by atoms with van der Waals surface area (Å²) in [6.07, 6.45) is 0.796. The summed E-state index contributed by atoms with van der Waals surface area (Å²) in [7, 11) is 1.51. The van der Waals surface area contributed by atoms with E-state index in [1.165, 1.54) is 14.4 Å². The first kappa shape index (κ1) is 11.6. The number of alkyl halides is 2. The van der Waals surface area contributed by atoms with Gasteiger partial charge in [-0.1, -0.05) is 45.2 Å². The Labute approximate surface area is 93.2 Å². The third kappa shape index (κ3) is 4.24. The minimum atomic E-state index is -0.0602. The van der Waals surface area contributed by atoms with Gasteiger partial charge in [0.05, 0.1) is 2.43 Å². The molecule has 0 aromatic heterocycles.